The molecule has 0 saturated heterocycles. The molecular weight excluding hydrogens is 352 g/mol. The van der Waals surface area contributed by atoms with E-state index in [0.29, 0.717) is 5.76 Å². The van der Waals surface area contributed by atoms with Gasteiger partial charge < -0.3 is 18.9 Å². The van der Waals surface area contributed by atoms with Crippen LogP contribution in [0, 0.1) is 5.92 Å². The molecule has 28 heavy (non-hydrogen) atoms. The van der Waals surface area contributed by atoms with Gasteiger partial charge in [0.15, 0.2) is 0 Å². The average molecular weight is 393 g/mol. The Kier molecular flexibility index (Phi) is 15.8. The van der Waals surface area contributed by atoms with Gasteiger partial charge in [-0.15, -0.1) is 0 Å². The van der Waals surface area contributed by atoms with Crippen LogP contribution in [-0.4, -0.2) is 5.79 Å². The first-order valence-corrected chi connectivity index (χ1v) is 10.5. The molecule has 0 aliphatic carbocycles. The first-order chi connectivity index (χ1) is 13.6. The van der Waals surface area contributed by atoms with Crippen LogP contribution >= 0.6 is 0 Å². The summed E-state index contributed by atoms with van der Waals surface area (Å²) in [5, 5.41) is 0. The molecule has 4 heteroatoms. The predicted octanol–water partition coefficient (Wildman–Crippen LogP) is 7.72. The van der Waals surface area contributed by atoms with E-state index >= 15 is 0 Å². The van der Waals surface area contributed by atoms with E-state index < -0.39 is 5.79 Å². The molecule has 0 aromatic heterocycles. The molecule has 0 aliphatic heterocycles. The Hall–Kier alpha value is -2.10. The lowest BCUT2D eigenvalue weighted by Crippen LogP contribution is -2.41. The van der Waals surface area contributed by atoms with Crippen LogP contribution in [0.3, 0.4) is 0 Å². The van der Waals surface area contributed by atoms with Crippen molar-refractivity contribution in [2.75, 3.05) is 0 Å². The maximum Gasteiger partial charge on any atom is 0.315 e. The largest absolute Gasteiger partial charge is 0.469 e. The van der Waals surface area contributed by atoms with E-state index in [1.54, 1.807) is 31.3 Å². The Morgan fingerprint density at radius 3 is 1.86 bits per heavy atom. The second kappa shape index (κ2) is 17.0. The Balaban J connectivity index is 5.79. The first-order valence-electron chi connectivity index (χ1n) is 10.5. The molecule has 0 aromatic carbocycles. The van der Waals surface area contributed by atoms with Gasteiger partial charge in [-0.2, -0.15) is 0 Å². The van der Waals surface area contributed by atoms with Gasteiger partial charge >= 0.3 is 5.79 Å². The Bertz CT molecular complexity index is 515. The Morgan fingerprint density at radius 1 is 0.786 bits per heavy atom. The van der Waals surface area contributed by atoms with E-state index in [1.165, 1.54) is 0 Å². The molecule has 0 saturated carbocycles. The molecule has 4 nitrogen and oxygen atoms in total. The lowest BCUT2D eigenvalue weighted by Gasteiger charge is -2.35. The average Bonchev–Trinajstić information content (AvgIpc) is 2.69. The maximum atomic E-state index is 6.11. The molecule has 0 bridgehead atoms. The molecule has 1 atom stereocenters. The SMILES string of the molecule is CC=COC(OC=CCCC)(C(=COC=CCCC)OC=CCCC)C(C)C. The minimum absolute atomic E-state index is 0.0379. The highest BCUT2D eigenvalue weighted by Gasteiger charge is 2.44. The van der Waals surface area contributed by atoms with Crippen molar-refractivity contribution in [3.05, 3.63) is 61.4 Å². The third-order valence-corrected chi connectivity index (χ3v) is 3.83. The van der Waals surface area contributed by atoms with E-state index in [0.717, 1.165) is 38.5 Å². The molecule has 0 spiro atoms. The molecule has 1 unspecified atom stereocenters. The molecule has 0 fully saturated rings. The standard InChI is InChI=1S/C24H40O4/c1-7-11-14-18-25-21-23(26-19-15-12-8-2)24(22(5)6,27-17-10-4)28-20-16-13-9-3/h10,14-22H,7-9,11-13H2,1-6H3. The van der Waals surface area contributed by atoms with E-state index in [1.807, 2.05) is 45.1 Å². The van der Waals surface area contributed by atoms with Crippen molar-refractivity contribution in [1.82, 2.24) is 0 Å². The lowest BCUT2D eigenvalue weighted by atomic mass is 10.0. The third-order valence-electron chi connectivity index (χ3n) is 3.83. The quantitative estimate of drug-likeness (QED) is 0.199. The summed E-state index contributed by atoms with van der Waals surface area (Å²) in [4.78, 5) is 0. The smallest absolute Gasteiger partial charge is 0.315 e. The fraction of sp³-hybridized carbons (Fsp3) is 0.583. The normalized spacial score (nSPS) is 15.2. The summed E-state index contributed by atoms with van der Waals surface area (Å²) in [6.07, 6.45) is 22.0. The van der Waals surface area contributed by atoms with Crippen LogP contribution in [0.25, 0.3) is 0 Å². The van der Waals surface area contributed by atoms with Crippen molar-refractivity contribution in [3.63, 3.8) is 0 Å². The first kappa shape index (κ1) is 25.9. The maximum absolute atomic E-state index is 6.11. The summed E-state index contributed by atoms with van der Waals surface area (Å²) >= 11 is 0. The van der Waals surface area contributed by atoms with Crippen LogP contribution < -0.4 is 0 Å². The van der Waals surface area contributed by atoms with Crippen LogP contribution in [-0.2, 0) is 18.9 Å². The van der Waals surface area contributed by atoms with Crippen molar-refractivity contribution in [3.8, 4) is 0 Å². The number of hydrogen-bond acceptors (Lipinski definition) is 4. The summed E-state index contributed by atoms with van der Waals surface area (Å²) in [5.41, 5.74) is 0. The summed E-state index contributed by atoms with van der Waals surface area (Å²) < 4.78 is 23.7. The van der Waals surface area contributed by atoms with E-state index in [-0.39, 0.29) is 5.92 Å². The number of ether oxygens (including phenoxy) is 4. The molecular formula is C24H40O4. The van der Waals surface area contributed by atoms with Gasteiger partial charge in [-0.3, -0.25) is 0 Å². The Labute approximate surface area is 172 Å². The van der Waals surface area contributed by atoms with E-state index in [4.69, 9.17) is 18.9 Å². The lowest BCUT2D eigenvalue weighted by molar-refractivity contribution is -0.195. The molecule has 0 N–H and O–H groups in total. The fourth-order valence-corrected chi connectivity index (χ4v) is 2.19. The van der Waals surface area contributed by atoms with Gasteiger partial charge in [-0.1, -0.05) is 60.0 Å². The van der Waals surface area contributed by atoms with Crippen molar-refractivity contribution in [1.29, 1.82) is 0 Å². The predicted molar refractivity (Wildman–Crippen MR) is 117 cm³/mol. The highest BCUT2D eigenvalue weighted by Crippen LogP contribution is 2.34. The molecule has 0 radical (unpaired) electrons. The van der Waals surface area contributed by atoms with Crippen LogP contribution in [0.5, 0.6) is 0 Å². The van der Waals surface area contributed by atoms with Gasteiger partial charge in [0.05, 0.1) is 25.0 Å². The molecule has 0 aliphatic rings. The van der Waals surface area contributed by atoms with Crippen LogP contribution in [0.1, 0.15) is 80.1 Å². The van der Waals surface area contributed by atoms with Gasteiger partial charge in [0.25, 0.3) is 0 Å². The van der Waals surface area contributed by atoms with E-state index in [2.05, 4.69) is 20.8 Å². The zero-order valence-electron chi connectivity index (χ0n) is 18.6. The van der Waals surface area contributed by atoms with E-state index in [9.17, 15) is 0 Å². The summed E-state index contributed by atoms with van der Waals surface area (Å²) in [7, 11) is 0. The summed E-state index contributed by atoms with van der Waals surface area (Å²) in [5.74, 6) is -0.717. The summed E-state index contributed by atoms with van der Waals surface area (Å²) in [6, 6.07) is 0. The third kappa shape index (κ3) is 10.3. The van der Waals surface area contributed by atoms with Crippen LogP contribution in [0.2, 0.25) is 0 Å². The van der Waals surface area contributed by atoms with Gasteiger partial charge in [-0.05, 0) is 44.4 Å². The van der Waals surface area contributed by atoms with Crippen molar-refractivity contribution >= 4 is 0 Å². The molecule has 160 valence electrons. The van der Waals surface area contributed by atoms with Crippen molar-refractivity contribution < 1.29 is 18.9 Å². The highest BCUT2D eigenvalue weighted by atomic mass is 16.7. The molecule has 0 rings (SSSR count). The van der Waals surface area contributed by atoms with Crippen molar-refractivity contribution in [2.45, 2.75) is 85.9 Å². The topological polar surface area (TPSA) is 36.9 Å². The highest BCUT2D eigenvalue weighted by molar-refractivity contribution is 5.09. The zero-order chi connectivity index (χ0) is 21.1. The number of rotatable bonds is 16. The van der Waals surface area contributed by atoms with Gasteiger partial charge in [0.1, 0.15) is 6.26 Å². The van der Waals surface area contributed by atoms with Gasteiger partial charge in [0, 0.05) is 5.92 Å². The molecule has 0 amide bonds. The zero-order valence-corrected chi connectivity index (χ0v) is 18.6. The minimum Gasteiger partial charge on any atom is -0.469 e. The summed E-state index contributed by atoms with van der Waals surface area (Å²) in [6.45, 7) is 12.3. The molecule has 0 heterocycles. The Morgan fingerprint density at radius 2 is 1.32 bits per heavy atom. The number of allylic oxidation sites excluding steroid dienone is 4. The molecule has 0 aromatic rings. The van der Waals surface area contributed by atoms with Crippen molar-refractivity contribution in [2.24, 2.45) is 5.92 Å². The fourth-order valence-electron chi connectivity index (χ4n) is 2.19. The van der Waals surface area contributed by atoms with Gasteiger partial charge in [-0.25, -0.2) is 0 Å². The van der Waals surface area contributed by atoms with Crippen LogP contribution in [0.15, 0.2) is 61.4 Å². The number of hydrogen-bond donors (Lipinski definition) is 0. The second-order valence-corrected chi connectivity index (χ2v) is 6.74. The number of unbranched alkanes of at least 4 members (excludes halogenated alkanes) is 3. The van der Waals surface area contributed by atoms with Gasteiger partial charge in [0.2, 0.25) is 5.76 Å². The minimum atomic E-state index is -1.13. The second-order valence-electron chi connectivity index (χ2n) is 6.74. The van der Waals surface area contributed by atoms with Crippen LogP contribution in [0.4, 0.5) is 0 Å². The monoisotopic (exact) mass is 392 g/mol.